The van der Waals surface area contributed by atoms with Gasteiger partial charge in [-0.05, 0) is 58.0 Å². The first-order valence-electron chi connectivity index (χ1n) is 7.26. The van der Waals surface area contributed by atoms with Gasteiger partial charge in [-0.25, -0.2) is 0 Å². The lowest BCUT2D eigenvalue weighted by molar-refractivity contribution is 0.163. The van der Waals surface area contributed by atoms with Gasteiger partial charge in [-0.1, -0.05) is 12.8 Å². The lowest BCUT2D eigenvalue weighted by Crippen LogP contribution is -2.41. The van der Waals surface area contributed by atoms with E-state index >= 15 is 0 Å². The van der Waals surface area contributed by atoms with Gasteiger partial charge in [-0.3, -0.25) is 0 Å². The quantitative estimate of drug-likeness (QED) is 0.769. The van der Waals surface area contributed by atoms with Gasteiger partial charge in [0, 0.05) is 11.6 Å². The molecule has 1 heterocycles. The number of nitrogens with two attached hydrogens (primary N) is 1. The molecule has 2 aliphatic rings. The maximum absolute atomic E-state index is 9.13. The van der Waals surface area contributed by atoms with Gasteiger partial charge in [0.2, 0.25) is 0 Å². The van der Waals surface area contributed by atoms with Crippen LogP contribution in [-0.4, -0.2) is 41.3 Å². The van der Waals surface area contributed by atoms with E-state index in [1.165, 1.54) is 45.2 Å². The van der Waals surface area contributed by atoms with E-state index in [0.717, 1.165) is 24.8 Å². The molecule has 0 aromatic carbocycles. The lowest BCUT2D eigenvalue weighted by Gasteiger charge is -2.32. The van der Waals surface area contributed by atoms with E-state index < -0.39 is 0 Å². The number of rotatable bonds is 5. The molecule has 1 aliphatic heterocycles. The average molecular weight is 240 g/mol. The van der Waals surface area contributed by atoms with E-state index in [-0.39, 0.29) is 12.1 Å². The molecular formula is C14H28N2O. The predicted octanol–water partition coefficient (Wildman–Crippen LogP) is 1.74. The van der Waals surface area contributed by atoms with Gasteiger partial charge in [0.15, 0.2) is 0 Å². The molecule has 100 valence electrons. The first-order valence-corrected chi connectivity index (χ1v) is 7.26. The monoisotopic (exact) mass is 240 g/mol. The summed E-state index contributed by atoms with van der Waals surface area (Å²) in [7, 11) is 0. The fraction of sp³-hybridized carbons (Fsp3) is 1.00. The molecule has 1 aliphatic carbocycles. The number of aliphatic hydroxyl groups excluding tert-OH is 1. The van der Waals surface area contributed by atoms with Crippen molar-refractivity contribution in [1.29, 1.82) is 0 Å². The molecule has 0 radical (unpaired) electrons. The van der Waals surface area contributed by atoms with Crippen LogP contribution < -0.4 is 5.73 Å². The van der Waals surface area contributed by atoms with E-state index in [0.29, 0.717) is 0 Å². The third kappa shape index (κ3) is 3.43. The van der Waals surface area contributed by atoms with Crippen molar-refractivity contribution < 1.29 is 5.11 Å². The van der Waals surface area contributed by atoms with Gasteiger partial charge in [0.1, 0.15) is 0 Å². The van der Waals surface area contributed by atoms with Crippen molar-refractivity contribution in [3.05, 3.63) is 0 Å². The maximum Gasteiger partial charge on any atom is 0.0608 e. The summed E-state index contributed by atoms with van der Waals surface area (Å²) in [6, 6.07) is 0.863. The molecule has 3 atom stereocenters. The Labute approximate surface area is 105 Å². The van der Waals surface area contributed by atoms with Crippen LogP contribution in [0.3, 0.4) is 0 Å². The standard InChI is InChI=1S/C14H28N2O/c1-14(15,11-17)8-4-9-16-10-7-12-5-2-3-6-13(12)16/h12-13,17H,2-11,15H2,1H3. The third-order valence-electron chi connectivity index (χ3n) is 4.68. The highest BCUT2D eigenvalue weighted by molar-refractivity contribution is 4.90. The van der Waals surface area contributed by atoms with E-state index in [2.05, 4.69) is 4.90 Å². The van der Waals surface area contributed by atoms with Gasteiger partial charge in [0.25, 0.3) is 0 Å². The highest BCUT2D eigenvalue weighted by atomic mass is 16.3. The van der Waals surface area contributed by atoms with E-state index in [9.17, 15) is 0 Å². The normalized spacial score (nSPS) is 33.4. The van der Waals surface area contributed by atoms with E-state index in [1.54, 1.807) is 0 Å². The number of hydrogen-bond acceptors (Lipinski definition) is 3. The average Bonchev–Trinajstić information content (AvgIpc) is 2.73. The fourth-order valence-corrected chi connectivity index (χ4v) is 3.55. The second-order valence-corrected chi connectivity index (χ2v) is 6.35. The molecule has 3 unspecified atom stereocenters. The molecule has 0 amide bonds. The summed E-state index contributed by atoms with van der Waals surface area (Å²) in [5, 5.41) is 9.13. The maximum atomic E-state index is 9.13. The second kappa shape index (κ2) is 5.68. The summed E-state index contributed by atoms with van der Waals surface area (Å²) in [6.45, 7) is 4.50. The topological polar surface area (TPSA) is 49.5 Å². The SMILES string of the molecule is CC(N)(CO)CCCN1CCC2CCCCC21. The van der Waals surface area contributed by atoms with Crippen molar-refractivity contribution in [1.82, 2.24) is 4.90 Å². The zero-order chi connectivity index (χ0) is 12.3. The summed E-state index contributed by atoms with van der Waals surface area (Å²) >= 11 is 0. The van der Waals surface area contributed by atoms with E-state index in [4.69, 9.17) is 10.8 Å². The van der Waals surface area contributed by atoms with Crippen LogP contribution in [-0.2, 0) is 0 Å². The molecule has 3 heteroatoms. The van der Waals surface area contributed by atoms with Crippen LogP contribution in [0.1, 0.15) is 51.9 Å². The molecule has 1 saturated heterocycles. The van der Waals surface area contributed by atoms with Crippen molar-refractivity contribution >= 4 is 0 Å². The Balaban J connectivity index is 1.73. The number of fused-ring (bicyclic) bond motifs is 1. The van der Waals surface area contributed by atoms with Crippen LogP contribution in [0.5, 0.6) is 0 Å². The molecule has 0 aromatic rings. The van der Waals surface area contributed by atoms with Crippen LogP contribution in [0.25, 0.3) is 0 Å². The van der Waals surface area contributed by atoms with Gasteiger partial charge in [-0.15, -0.1) is 0 Å². The summed E-state index contributed by atoms with van der Waals surface area (Å²) < 4.78 is 0. The number of aliphatic hydroxyl groups is 1. The Morgan fingerprint density at radius 3 is 2.82 bits per heavy atom. The Morgan fingerprint density at radius 2 is 2.06 bits per heavy atom. The molecule has 2 fully saturated rings. The van der Waals surface area contributed by atoms with Gasteiger partial charge >= 0.3 is 0 Å². The lowest BCUT2D eigenvalue weighted by atomic mass is 9.85. The van der Waals surface area contributed by atoms with Gasteiger partial charge < -0.3 is 15.7 Å². The van der Waals surface area contributed by atoms with Crippen LogP contribution in [0.15, 0.2) is 0 Å². The summed E-state index contributed by atoms with van der Waals surface area (Å²) in [6.07, 6.45) is 9.18. The zero-order valence-electron chi connectivity index (χ0n) is 11.2. The minimum Gasteiger partial charge on any atom is -0.394 e. The van der Waals surface area contributed by atoms with Crippen LogP contribution in [0, 0.1) is 5.92 Å². The molecule has 0 spiro atoms. The Morgan fingerprint density at radius 1 is 1.29 bits per heavy atom. The molecule has 17 heavy (non-hydrogen) atoms. The second-order valence-electron chi connectivity index (χ2n) is 6.35. The molecular weight excluding hydrogens is 212 g/mol. The van der Waals surface area contributed by atoms with Gasteiger partial charge in [-0.2, -0.15) is 0 Å². The molecule has 2 rings (SSSR count). The third-order valence-corrected chi connectivity index (χ3v) is 4.68. The van der Waals surface area contributed by atoms with Crippen LogP contribution >= 0.6 is 0 Å². The minimum atomic E-state index is -0.383. The van der Waals surface area contributed by atoms with Crippen molar-refractivity contribution in [3.8, 4) is 0 Å². The largest absolute Gasteiger partial charge is 0.394 e. The molecule has 3 N–H and O–H groups in total. The van der Waals surface area contributed by atoms with Crippen molar-refractivity contribution in [2.45, 2.75) is 63.5 Å². The molecule has 0 aromatic heterocycles. The number of nitrogens with zero attached hydrogens (tertiary/aromatic N) is 1. The molecule has 3 nitrogen and oxygen atoms in total. The minimum absolute atomic E-state index is 0.0963. The van der Waals surface area contributed by atoms with Crippen LogP contribution in [0.4, 0.5) is 0 Å². The molecule has 0 bridgehead atoms. The number of likely N-dealkylation sites (tertiary alicyclic amines) is 1. The van der Waals surface area contributed by atoms with Crippen molar-refractivity contribution in [3.63, 3.8) is 0 Å². The Hall–Kier alpha value is -0.120. The Bertz CT molecular complexity index is 242. The molecule has 1 saturated carbocycles. The van der Waals surface area contributed by atoms with Gasteiger partial charge in [0.05, 0.1) is 6.61 Å². The van der Waals surface area contributed by atoms with E-state index in [1.807, 2.05) is 6.92 Å². The number of hydrogen-bond donors (Lipinski definition) is 2. The van der Waals surface area contributed by atoms with Crippen molar-refractivity contribution in [2.24, 2.45) is 11.7 Å². The zero-order valence-corrected chi connectivity index (χ0v) is 11.2. The highest BCUT2D eigenvalue weighted by Crippen LogP contribution is 2.36. The summed E-state index contributed by atoms with van der Waals surface area (Å²) in [5.41, 5.74) is 5.58. The van der Waals surface area contributed by atoms with Crippen molar-refractivity contribution in [2.75, 3.05) is 19.7 Å². The summed E-state index contributed by atoms with van der Waals surface area (Å²) in [5.74, 6) is 0.978. The highest BCUT2D eigenvalue weighted by Gasteiger charge is 2.35. The summed E-state index contributed by atoms with van der Waals surface area (Å²) in [4.78, 5) is 2.68. The Kier molecular flexibility index (Phi) is 4.45. The predicted molar refractivity (Wildman–Crippen MR) is 70.8 cm³/mol. The van der Waals surface area contributed by atoms with Crippen LogP contribution in [0.2, 0.25) is 0 Å². The first kappa shape index (κ1) is 13.3. The first-order chi connectivity index (χ1) is 8.12. The fourth-order valence-electron chi connectivity index (χ4n) is 3.55. The smallest absolute Gasteiger partial charge is 0.0608 e.